The lowest BCUT2D eigenvalue weighted by atomic mass is 9.68. The van der Waals surface area contributed by atoms with Crippen molar-refractivity contribution < 1.29 is 18.3 Å². The van der Waals surface area contributed by atoms with E-state index in [-0.39, 0.29) is 11.5 Å². The van der Waals surface area contributed by atoms with Gasteiger partial charge < -0.3 is 9.47 Å². The smallest absolute Gasteiger partial charge is 0.204 e. The van der Waals surface area contributed by atoms with Crippen LogP contribution in [-0.2, 0) is 0 Å². The van der Waals surface area contributed by atoms with Crippen LogP contribution in [0.4, 0.5) is 8.78 Å². The standard InChI is InChI=1S/C26H36F2O2/c27-25-23(29-15-17-1-2-17)13-14-24(26(25)28)30-16-18-3-5-19(6-4-18)20-7-9-21(10-8-20)22-11-12-22/h13-14,17-22H,1-12,15-16H2. The average Bonchev–Trinajstić information content (AvgIpc) is 3.69. The van der Waals surface area contributed by atoms with E-state index in [2.05, 4.69) is 0 Å². The molecule has 0 unspecified atom stereocenters. The third-order valence-electron chi connectivity index (χ3n) is 8.32. The summed E-state index contributed by atoms with van der Waals surface area (Å²) in [4.78, 5) is 0. The summed E-state index contributed by atoms with van der Waals surface area (Å²) in [6.45, 7) is 0.960. The van der Waals surface area contributed by atoms with Gasteiger partial charge in [-0.2, -0.15) is 8.78 Å². The Morgan fingerprint density at radius 2 is 0.833 bits per heavy atom. The van der Waals surface area contributed by atoms with E-state index >= 15 is 0 Å². The first-order valence-electron chi connectivity index (χ1n) is 12.4. The van der Waals surface area contributed by atoms with Crippen molar-refractivity contribution in [1.82, 2.24) is 0 Å². The minimum absolute atomic E-state index is 0.00339. The number of hydrogen-bond donors (Lipinski definition) is 0. The van der Waals surface area contributed by atoms with Crippen LogP contribution in [0.2, 0.25) is 0 Å². The summed E-state index contributed by atoms with van der Waals surface area (Å²) in [5.41, 5.74) is 0. The van der Waals surface area contributed by atoms with Crippen LogP contribution in [0, 0.1) is 47.1 Å². The Hall–Kier alpha value is -1.32. The summed E-state index contributed by atoms with van der Waals surface area (Å²) in [6, 6.07) is 3.02. The largest absolute Gasteiger partial charge is 0.490 e. The Bertz CT molecular complexity index is 712. The van der Waals surface area contributed by atoms with E-state index in [0.717, 1.165) is 49.4 Å². The van der Waals surface area contributed by atoms with Crippen molar-refractivity contribution in [3.8, 4) is 11.5 Å². The van der Waals surface area contributed by atoms with Crippen molar-refractivity contribution in [2.45, 2.75) is 77.0 Å². The molecular weight excluding hydrogens is 382 g/mol. The lowest BCUT2D eigenvalue weighted by Gasteiger charge is -2.38. The molecule has 30 heavy (non-hydrogen) atoms. The third kappa shape index (κ3) is 4.94. The summed E-state index contributed by atoms with van der Waals surface area (Å²) in [5, 5.41) is 0. The molecule has 1 aromatic carbocycles. The van der Waals surface area contributed by atoms with E-state index in [4.69, 9.17) is 9.47 Å². The molecular formula is C26H36F2O2. The maximum atomic E-state index is 14.4. The fraction of sp³-hybridized carbons (Fsp3) is 0.769. The van der Waals surface area contributed by atoms with Crippen molar-refractivity contribution in [2.24, 2.45) is 35.5 Å². The lowest BCUT2D eigenvalue weighted by molar-refractivity contribution is 0.118. The molecule has 0 radical (unpaired) electrons. The second kappa shape index (κ2) is 9.04. The first kappa shape index (κ1) is 20.6. The molecule has 4 heteroatoms. The zero-order chi connectivity index (χ0) is 20.5. The molecule has 0 bridgehead atoms. The van der Waals surface area contributed by atoms with E-state index in [1.165, 1.54) is 63.5 Å². The van der Waals surface area contributed by atoms with E-state index in [9.17, 15) is 8.78 Å². The van der Waals surface area contributed by atoms with Gasteiger partial charge >= 0.3 is 0 Å². The van der Waals surface area contributed by atoms with Gasteiger partial charge in [-0.25, -0.2) is 0 Å². The highest BCUT2D eigenvalue weighted by atomic mass is 19.2. The summed E-state index contributed by atoms with van der Waals surface area (Å²) < 4.78 is 39.8. The molecule has 4 fully saturated rings. The summed E-state index contributed by atoms with van der Waals surface area (Å²) in [5.74, 6) is 3.06. The van der Waals surface area contributed by atoms with Crippen LogP contribution in [-0.4, -0.2) is 13.2 Å². The fourth-order valence-corrected chi connectivity index (χ4v) is 5.92. The van der Waals surface area contributed by atoms with Crippen LogP contribution >= 0.6 is 0 Å². The number of hydrogen-bond acceptors (Lipinski definition) is 2. The highest BCUT2D eigenvalue weighted by molar-refractivity contribution is 5.35. The highest BCUT2D eigenvalue weighted by Gasteiger charge is 2.36. The molecule has 0 aliphatic heterocycles. The Balaban J connectivity index is 1.05. The second-order valence-electron chi connectivity index (χ2n) is 10.5. The van der Waals surface area contributed by atoms with Gasteiger partial charge in [0.25, 0.3) is 0 Å². The second-order valence-corrected chi connectivity index (χ2v) is 10.5. The van der Waals surface area contributed by atoms with E-state index in [1.807, 2.05) is 0 Å². The van der Waals surface area contributed by atoms with Crippen LogP contribution in [0.25, 0.3) is 0 Å². The number of ether oxygens (including phenoxy) is 2. The molecule has 0 saturated heterocycles. The summed E-state index contributed by atoms with van der Waals surface area (Å²) >= 11 is 0. The number of rotatable bonds is 8. The zero-order valence-electron chi connectivity index (χ0n) is 18.1. The Morgan fingerprint density at radius 1 is 0.533 bits per heavy atom. The molecule has 2 nitrogen and oxygen atoms in total. The maximum Gasteiger partial charge on any atom is 0.204 e. The van der Waals surface area contributed by atoms with Crippen LogP contribution in [0.3, 0.4) is 0 Å². The fourth-order valence-electron chi connectivity index (χ4n) is 5.92. The van der Waals surface area contributed by atoms with E-state index in [1.54, 1.807) is 0 Å². The predicted molar refractivity (Wildman–Crippen MR) is 114 cm³/mol. The van der Waals surface area contributed by atoms with Crippen molar-refractivity contribution in [3.63, 3.8) is 0 Å². The van der Waals surface area contributed by atoms with Gasteiger partial charge in [0.15, 0.2) is 11.5 Å². The average molecular weight is 419 g/mol. The molecule has 0 atom stereocenters. The Morgan fingerprint density at radius 3 is 1.17 bits per heavy atom. The SMILES string of the molecule is Fc1c(OCC2CC2)ccc(OCC2CCC(C3CCC(C4CC4)CC3)CC2)c1F. The Kier molecular flexibility index (Phi) is 6.20. The molecule has 4 saturated carbocycles. The molecule has 0 amide bonds. The topological polar surface area (TPSA) is 18.5 Å². The van der Waals surface area contributed by atoms with Crippen molar-refractivity contribution in [1.29, 1.82) is 0 Å². The van der Waals surface area contributed by atoms with Gasteiger partial charge in [-0.15, -0.1) is 0 Å². The molecule has 166 valence electrons. The first-order valence-corrected chi connectivity index (χ1v) is 12.4. The van der Waals surface area contributed by atoms with Gasteiger partial charge in [0, 0.05) is 0 Å². The van der Waals surface area contributed by atoms with Crippen LogP contribution < -0.4 is 9.47 Å². The van der Waals surface area contributed by atoms with Gasteiger partial charge in [0.2, 0.25) is 11.6 Å². The summed E-state index contributed by atoms with van der Waals surface area (Å²) in [6.07, 6.45) is 15.9. The maximum absolute atomic E-state index is 14.4. The lowest BCUT2D eigenvalue weighted by Crippen LogP contribution is -2.28. The molecule has 1 aromatic rings. The van der Waals surface area contributed by atoms with Gasteiger partial charge in [-0.1, -0.05) is 0 Å². The molecule has 5 rings (SSSR count). The molecule has 4 aliphatic rings. The highest BCUT2D eigenvalue weighted by Crippen LogP contribution is 2.48. The van der Waals surface area contributed by atoms with Gasteiger partial charge in [0.05, 0.1) is 13.2 Å². The normalized spacial score (nSPS) is 32.1. The minimum atomic E-state index is -0.918. The van der Waals surface area contributed by atoms with Crippen molar-refractivity contribution >= 4 is 0 Å². The first-order chi connectivity index (χ1) is 14.7. The zero-order valence-corrected chi connectivity index (χ0v) is 18.1. The molecule has 4 aliphatic carbocycles. The predicted octanol–water partition coefficient (Wildman–Crippen LogP) is 7.16. The third-order valence-corrected chi connectivity index (χ3v) is 8.32. The number of halogens is 2. The van der Waals surface area contributed by atoms with Gasteiger partial charge in [-0.3, -0.25) is 0 Å². The van der Waals surface area contributed by atoms with E-state index < -0.39 is 11.6 Å². The van der Waals surface area contributed by atoms with Gasteiger partial charge in [-0.05, 0) is 125 Å². The van der Waals surface area contributed by atoms with Crippen LogP contribution in [0.5, 0.6) is 11.5 Å². The molecule has 0 N–H and O–H groups in total. The van der Waals surface area contributed by atoms with Crippen molar-refractivity contribution in [2.75, 3.05) is 13.2 Å². The molecule has 0 heterocycles. The van der Waals surface area contributed by atoms with Crippen LogP contribution in [0.15, 0.2) is 12.1 Å². The quantitative estimate of drug-likeness (QED) is 0.446. The van der Waals surface area contributed by atoms with Crippen LogP contribution in [0.1, 0.15) is 77.0 Å². The van der Waals surface area contributed by atoms with E-state index in [0.29, 0.717) is 25.0 Å². The Labute approximate surface area is 179 Å². The van der Waals surface area contributed by atoms with Crippen molar-refractivity contribution in [3.05, 3.63) is 23.8 Å². The summed E-state index contributed by atoms with van der Waals surface area (Å²) in [7, 11) is 0. The monoisotopic (exact) mass is 418 g/mol. The van der Waals surface area contributed by atoms with Gasteiger partial charge in [0.1, 0.15) is 0 Å². The number of benzene rings is 1. The molecule has 0 aromatic heterocycles. The minimum Gasteiger partial charge on any atom is -0.490 e. The molecule has 0 spiro atoms.